The molecule has 1 fully saturated rings. The van der Waals surface area contributed by atoms with Crippen molar-refractivity contribution in [1.29, 1.82) is 0 Å². The van der Waals surface area contributed by atoms with Crippen molar-refractivity contribution in [3.63, 3.8) is 0 Å². The number of hydrogen-bond acceptors (Lipinski definition) is 4. The molecular weight excluding hydrogens is 361 g/mol. The second kappa shape index (κ2) is 7.56. The first-order valence-corrected chi connectivity index (χ1v) is 10.2. The lowest BCUT2D eigenvalue weighted by Crippen LogP contribution is -2.40. The molecule has 0 radical (unpaired) electrons. The van der Waals surface area contributed by atoms with Crippen LogP contribution in [-0.4, -0.2) is 29.8 Å². The van der Waals surface area contributed by atoms with Gasteiger partial charge in [-0.05, 0) is 18.9 Å². The number of hydrogen-bond donors (Lipinski definition) is 0. The number of benzene rings is 2. The van der Waals surface area contributed by atoms with Crippen molar-refractivity contribution in [1.82, 2.24) is 0 Å². The van der Waals surface area contributed by atoms with E-state index in [-0.39, 0.29) is 30.0 Å². The number of fused-ring (bicyclic) bond motifs is 1. The van der Waals surface area contributed by atoms with Gasteiger partial charge in [0.05, 0.1) is 23.1 Å². The van der Waals surface area contributed by atoms with Gasteiger partial charge in [0.2, 0.25) is 0 Å². The van der Waals surface area contributed by atoms with Crippen LogP contribution >= 0.6 is 11.8 Å². The van der Waals surface area contributed by atoms with Crippen LogP contribution in [0.25, 0.3) is 0 Å². The van der Waals surface area contributed by atoms with Gasteiger partial charge in [-0.25, -0.2) is 4.39 Å². The molecule has 0 amide bonds. The van der Waals surface area contributed by atoms with E-state index in [1.54, 1.807) is 24.9 Å². The predicted octanol–water partition coefficient (Wildman–Crippen LogP) is 4.86. The summed E-state index contributed by atoms with van der Waals surface area (Å²) < 4.78 is 20.4. The number of thioether (sulfide) groups is 1. The third kappa shape index (κ3) is 3.34. The number of aliphatic imine (C=N–C) groups is 1. The smallest absolute Gasteiger partial charge is 0.169 e. The second-order valence-corrected chi connectivity index (χ2v) is 8.20. The largest absolute Gasteiger partial charge is 0.381 e. The molecule has 2 aliphatic rings. The molecule has 1 aliphatic carbocycles. The van der Waals surface area contributed by atoms with E-state index in [9.17, 15) is 9.18 Å². The number of ether oxygens (including phenoxy) is 1. The van der Waals surface area contributed by atoms with Crippen LogP contribution in [0.2, 0.25) is 0 Å². The zero-order chi connectivity index (χ0) is 18.9. The van der Waals surface area contributed by atoms with Crippen LogP contribution in [0.4, 0.5) is 4.39 Å². The zero-order valence-corrected chi connectivity index (χ0v) is 16.0. The molecular formula is C22H22FNO2S. The molecule has 2 aromatic rings. The minimum atomic E-state index is -0.635. The first-order valence-electron chi connectivity index (χ1n) is 9.21. The molecule has 0 N–H and O–H groups in total. The third-order valence-electron chi connectivity index (χ3n) is 5.68. The van der Waals surface area contributed by atoms with Crippen molar-refractivity contribution < 1.29 is 13.9 Å². The molecule has 3 nitrogen and oxygen atoms in total. The van der Waals surface area contributed by atoms with E-state index in [0.29, 0.717) is 11.1 Å². The van der Waals surface area contributed by atoms with E-state index in [1.807, 2.05) is 42.5 Å². The van der Waals surface area contributed by atoms with Crippen molar-refractivity contribution in [2.75, 3.05) is 12.9 Å². The van der Waals surface area contributed by atoms with Gasteiger partial charge in [-0.15, -0.1) is 11.8 Å². The Hall–Kier alpha value is -1.98. The number of halogens is 1. The quantitative estimate of drug-likeness (QED) is 0.692. The molecule has 3 atom stereocenters. The van der Waals surface area contributed by atoms with E-state index in [4.69, 9.17) is 9.73 Å². The summed E-state index contributed by atoms with van der Waals surface area (Å²) in [7, 11) is 1.71. The maximum atomic E-state index is 14.7. The van der Waals surface area contributed by atoms with Crippen LogP contribution in [0, 0.1) is 11.7 Å². The summed E-state index contributed by atoms with van der Waals surface area (Å²) in [5.41, 5.74) is 0.674. The Bertz CT molecular complexity index is 870. The average molecular weight is 383 g/mol. The van der Waals surface area contributed by atoms with Gasteiger partial charge in [-0.2, -0.15) is 0 Å². The van der Waals surface area contributed by atoms with E-state index >= 15 is 0 Å². The minimum Gasteiger partial charge on any atom is -0.381 e. The van der Waals surface area contributed by atoms with Crippen LogP contribution in [0.1, 0.15) is 35.2 Å². The predicted molar refractivity (Wildman–Crippen MR) is 107 cm³/mol. The number of carbonyl (C=O) groups is 1. The average Bonchev–Trinajstić information content (AvgIpc) is 3.07. The van der Waals surface area contributed by atoms with E-state index in [2.05, 4.69) is 0 Å². The van der Waals surface area contributed by atoms with Crippen molar-refractivity contribution in [2.45, 2.75) is 30.9 Å². The van der Waals surface area contributed by atoms with Crippen LogP contribution in [0.3, 0.4) is 0 Å². The van der Waals surface area contributed by atoms with Crippen molar-refractivity contribution >= 4 is 22.6 Å². The number of methoxy groups -OCH3 is 1. The van der Waals surface area contributed by atoms with E-state index in [1.165, 1.54) is 6.07 Å². The number of Topliss-reactive ketones (excluding diaryl/α,β-unsaturated/α-hetero) is 1. The highest BCUT2D eigenvalue weighted by molar-refractivity contribution is 8.14. The van der Waals surface area contributed by atoms with Crippen LogP contribution in [-0.2, 0) is 10.3 Å². The maximum absolute atomic E-state index is 14.7. The third-order valence-corrected chi connectivity index (χ3v) is 6.77. The van der Waals surface area contributed by atoms with Crippen LogP contribution < -0.4 is 0 Å². The number of nitrogens with zero attached hydrogens (tertiary/aromatic N) is 1. The molecule has 1 saturated carbocycles. The molecule has 0 saturated heterocycles. The van der Waals surface area contributed by atoms with Crippen molar-refractivity contribution in [3.05, 3.63) is 71.5 Å². The lowest BCUT2D eigenvalue weighted by atomic mass is 9.80. The van der Waals surface area contributed by atoms with Gasteiger partial charge in [0.1, 0.15) is 5.82 Å². The topological polar surface area (TPSA) is 38.7 Å². The van der Waals surface area contributed by atoms with Gasteiger partial charge >= 0.3 is 0 Å². The molecule has 0 spiro atoms. The zero-order valence-electron chi connectivity index (χ0n) is 15.2. The lowest BCUT2D eigenvalue weighted by Gasteiger charge is -2.38. The summed E-state index contributed by atoms with van der Waals surface area (Å²) in [6.07, 6.45) is 1.90. The van der Waals surface area contributed by atoms with Gasteiger partial charge in [-0.1, -0.05) is 48.5 Å². The fourth-order valence-corrected chi connectivity index (χ4v) is 5.65. The monoisotopic (exact) mass is 383 g/mol. The molecule has 4 rings (SSSR count). The fraction of sp³-hybridized carbons (Fsp3) is 0.364. The summed E-state index contributed by atoms with van der Waals surface area (Å²) in [4.78, 5) is 17.6. The summed E-state index contributed by atoms with van der Waals surface area (Å²) in [6.45, 7) is 0. The standard InChI is InChI=1S/C22H22FNO2S/c1-26-20-11-12-22(16-9-5-6-10-18(16)23)17(20)14-27-21(24-22)13-19(25)15-7-3-2-4-8-15/h2-10,17,20H,11-14H2,1H3/t17-,20?,22-/m1/s1. The molecule has 0 aromatic heterocycles. The molecule has 1 aliphatic heterocycles. The molecule has 1 unspecified atom stereocenters. The summed E-state index contributed by atoms with van der Waals surface area (Å²) in [5.74, 6) is 0.710. The lowest BCUT2D eigenvalue weighted by molar-refractivity contribution is 0.0645. The van der Waals surface area contributed by atoms with E-state index in [0.717, 1.165) is 23.6 Å². The normalized spacial score (nSPS) is 27.1. The van der Waals surface area contributed by atoms with Crippen LogP contribution in [0.15, 0.2) is 59.6 Å². The highest BCUT2D eigenvalue weighted by Gasteiger charge is 2.53. The number of carbonyl (C=O) groups excluding carboxylic acids is 1. The Morgan fingerprint density at radius 1 is 1.22 bits per heavy atom. The van der Waals surface area contributed by atoms with Crippen molar-refractivity contribution in [3.8, 4) is 0 Å². The van der Waals surface area contributed by atoms with Crippen LogP contribution in [0.5, 0.6) is 0 Å². The first kappa shape index (κ1) is 18.4. The number of ketones is 1. The summed E-state index contributed by atoms with van der Waals surface area (Å²) in [5, 5.41) is 0.792. The fourth-order valence-electron chi connectivity index (χ4n) is 4.32. The van der Waals surface area contributed by atoms with Crippen molar-refractivity contribution in [2.24, 2.45) is 10.9 Å². The Labute approximate surface area is 163 Å². The van der Waals surface area contributed by atoms with E-state index < -0.39 is 5.54 Å². The highest BCUT2D eigenvalue weighted by atomic mass is 32.2. The van der Waals surface area contributed by atoms with Gasteiger partial charge < -0.3 is 4.74 Å². The SMILES string of the molecule is COC1CC[C@]2(c3ccccc3F)N=C(CC(=O)c3ccccc3)SC[C@H]12. The Balaban J connectivity index is 1.70. The Morgan fingerprint density at radius 2 is 1.96 bits per heavy atom. The first-order chi connectivity index (χ1) is 13.1. The molecule has 27 heavy (non-hydrogen) atoms. The van der Waals surface area contributed by atoms with Gasteiger partial charge in [0.25, 0.3) is 0 Å². The van der Waals surface area contributed by atoms with Gasteiger partial charge in [-0.3, -0.25) is 9.79 Å². The van der Waals surface area contributed by atoms with Gasteiger partial charge in [0.15, 0.2) is 5.78 Å². The van der Waals surface area contributed by atoms with Gasteiger partial charge in [0, 0.05) is 29.9 Å². The molecule has 0 bridgehead atoms. The highest BCUT2D eigenvalue weighted by Crippen LogP contribution is 2.52. The maximum Gasteiger partial charge on any atom is 0.169 e. The Kier molecular flexibility index (Phi) is 5.15. The Morgan fingerprint density at radius 3 is 2.70 bits per heavy atom. The second-order valence-electron chi connectivity index (χ2n) is 7.11. The molecule has 1 heterocycles. The summed E-state index contributed by atoms with van der Waals surface area (Å²) >= 11 is 1.61. The number of rotatable bonds is 5. The minimum absolute atomic E-state index is 0.0465. The molecule has 2 aromatic carbocycles. The molecule has 140 valence electrons. The molecule has 5 heteroatoms. The summed E-state index contributed by atoms with van der Waals surface area (Å²) in [6, 6.07) is 16.1.